The molecular weight excluding hydrogens is 292 g/mol. The molecule has 0 bridgehead atoms. The predicted molar refractivity (Wildman–Crippen MR) is 68.7 cm³/mol. The van der Waals surface area contributed by atoms with E-state index < -0.39 is 28.9 Å². The molecule has 1 unspecified atom stereocenters. The van der Waals surface area contributed by atoms with Crippen molar-refractivity contribution in [3.63, 3.8) is 0 Å². The molecule has 0 fully saturated rings. The SMILES string of the molecule is CC(O)(CNC(=O)c1ccc([N+](=O)[O-])cc1Cl)C(=O)O. The van der Waals surface area contributed by atoms with Crippen LogP contribution in [0.3, 0.4) is 0 Å². The van der Waals surface area contributed by atoms with E-state index in [2.05, 4.69) is 5.32 Å². The maximum absolute atomic E-state index is 11.7. The number of aliphatic hydroxyl groups is 1. The van der Waals surface area contributed by atoms with Crippen LogP contribution in [0, 0.1) is 10.1 Å². The Labute approximate surface area is 118 Å². The van der Waals surface area contributed by atoms with Gasteiger partial charge in [-0.15, -0.1) is 0 Å². The van der Waals surface area contributed by atoms with Gasteiger partial charge in [0.25, 0.3) is 11.6 Å². The molecule has 0 spiro atoms. The molecule has 3 N–H and O–H groups in total. The number of carbonyl (C=O) groups excluding carboxylic acids is 1. The summed E-state index contributed by atoms with van der Waals surface area (Å²) in [5.74, 6) is -2.24. The molecule has 0 saturated carbocycles. The van der Waals surface area contributed by atoms with Gasteiger partial charge in [-0.2, -0.15) is 0 Å². The van der Waals surface area contributed by atoms with Crippen LogP contribution >= 0.6 is 11.6 Å². The van der Waals surface area contributed by atoms with Crippen molar-refractivity contribution in [1.82, 2.24) is 5.32 Å². The van der Waals surface area contributed by atoms with Crippen molar-refractivity contribution in [3.05, 3.63) is 38.9 Å². The van der Waals surface area contributed by atoms with E-state index in [0.717, 1.165) is 25.1 Å². The van der Waals surface area contributed by atoms with Gasteiger partial charge in [-0.3, -0.25) is 14.9 Å². The molecule has 0 aliphatic carbocycles. The first-order valence-corrected chi connectivity index (χ1v) is 5.71. The quantitative estimate of drug-likeness (QED) is 0.545. The zero-order valence-electron chi connectivity index (χ0n) is 10.3. The Kier molecular flexibility index (Phi) is 4.64. The van der Waals surface area contributed by atoms with E-state index in [9.17, 15) is 24.8 Å². The second kappa shape index (κ2) is 5.85. The zero-order valence-corrected chi connectivity index (χ0v) is 11.0. The predicted octanol–water partition coefficient (Wildman–Crippen LogP) is 0.814. The van der Waals surface area contributed by atoms with Crippen LogP contribution in [0.2, 0.25) is 5.02 Å². The number of halogens is 1. The Hall–Kier alpha value is -2.19. The molecule has 1 atom stereocenters. The number of benzene rings is 1. The summed E-state index contributed by atoms with van der Waals surface area (Å²) < 4.78 is 0. The first-order valence-electron chi connectivity index (χ1n) is 5.33. The minimum atomic E-state index is -2.12. The van der Waals surface area contributed by atoms with Crippen LogP contribution in [0.1, 0.15) is 17.3 Å². The van der Waals surface area contributed by atoms with Gasteiger partial charge in [-0.05, 0) is 13.0 Å². The molecule has 0 radical (unpaired) electrons. The number of carbonyl (C=O) groups is 2. The Morgan fingerprint density at radius 3 is 2.55 bits per heavy atom. The number of nitro benzene ring substituents is 1. The summed E-state index contributed by atoms with van der Waals surface area (Å²) in [6.07, 6.45) is 0. The lowest BCUT2D eigenvalue weighted by Gasteiger charge is -2.18. The number of non-ortho nitro benzene ring substituents is 1. The van der Waals surface area contributed by atoms with Gasteiger partial charge in [0.15, 0.2) is 5.60 Å². The van der Waals surface area contributed by atoms with Crippen molar-refractivity contribution in [1.29, 1.82) is 0 Å². The van der Waals surface area contributed by atoms with Crippen LogP contribution < -0.4 is 5.32 Å². The standard InChI is InChI=1S/C11H11ClN2O6/c1-11(18,10(16)17)5-13-9(15)7-3-2-6(14(19)20)4-8(7)12/h2-4,18H,5H2,1H3,(H,13,15)(H,16,17). The number of carboxylic acids is 1. The smallest absolute Gasteiger partial charge is 0.337 e. The fourth-order valence-corrected chi connectivity index (χ4v) is 1.49. The molecule has 0 aliphatic heterocycles. The van der Waals surface area contributed by atoms with E-state index in [0.29, 0.717) is 0 Å². The van der Waals surface area contributed by atoms with Gasteiger partial charge in [0.2, 0.25) is 0 Å². The molecule has 0 aliphatic rings. The molecule has 20 heavy (non-hydrogen) atoms. The lowest BCUT2D eigenvalue weighted by molar-refractivity contribution is -0.384. The summed E-state index contributed by atoms with van der Waals surface area (Å²) in [5, 5.41) is 30.7. The van der Waals surface area contributed by atoms with Crippen molar-refractivity contribution >= 4 is 29.2 Å². The van der Waals surface area contributed by atoms with E-state index in [1.165, 1.54) is 0 Å². The van der Waals surface area contributed by atoms with Crippen molar-refractivity contribution < 1.29 is 24.7 Å². The van der Waals surface area contributed by atoms with Gasteiger partial charge in [0, 0.05) is 12.1 Å². The van der Waals surface area contributed by atoms with Crippen molar-refractivity contribution in [2.45, 2.75) is 12.5 Å². The van der Waals surface area contributed by atoms with Crippen LogP contribution in [0.25, 0.3) is 0 Å². The number of amides is 1. The summed E-state index contributed by atoms with van der Waals surface area (Å²) in [7, 11) is 0. The summed E-state index contributed by atoms with van der Waals surface area (Å²) in [6, 6.07) is 3.24. The Morgan fingerprint density at radius 2 is 2.10 bits per heavy atom. The number of carboxylic acid groups (broad SMARTS) is 1. The second-order valence-electron chi connectivity index (χ2n) is 4.18. The van der Waals surface area contributed by atoms with Crippen LogP contribution in [0.4, 0.5) is 5.69 Å². The maximum atomic E-state index is 11.7. The largest absolute Gasteiger partial charge is 0.479 e. The molecular formula is C11H11ClN2O6. The zero-order chi connectivity index (χ0) is 15.5. The Bertz CT molecular complexity index is 572. The number of hydrogen-bond donors (Lipinski definition) is 3. The number of rotatable bonds is 5. The van der Waals surface area contributed by atoms with Gasteiger partial charge in [0.05, 0.1) is 22.1 Å². The Morgan fingerprint density at radius 1 is 1.50 bits per heavy atom. The second-order valence-corrected chi connectivity index (χ2v) is 4.59. The van der Waals surface area contributed by atoms with E-state index in [1.54, 1.807) is 0 Å². The average molecular weight is 303 g/mol. The summed E-state index contributed by atoms with van der Waals surface area (Å²) >= 11 is 5.74. The molecule has 1 amide bonds. The first kappa shape index (κ1) is 15.9. The topological polar surface area (TPSA) is 130 Å². The molecule has 0 heterocycles. The lowest BCUT2D eigenvalue weighted by atomic mass is 10.1. The van der Waals surface area contributed by atoms with Gasteiger partial charge in [-0.1, -0.05) is 11.6 Å². The maximum Gasteiger partial charge on any atom is 0.337 e. The van der Waals surface area contributed by atoms with Gasteiger partial charge < -0.3 is 15.5 Å². The van der Waals surface area contributed by atoms with E-state index in [1.807, 2.05) is 0 Å². The average Bonchev–Trinajstić information content (AvgIpc) is 2.35. The fourth-order valence-electron chi connectivity index (χ4n) is 1.22. The van der Waals surface area contributed by atoms with Crippen molar-refractivity contribution in [3.8, 4) is 0 Å². The minimum Gasteiger partial charge on any atom is -0.479 e. The molecule has 0 saturated heterocycles. The monoisotopic (exact) mass is 302 g/mol. The summed E-state index contributed by atoms with van der Waals surface area (Å²) in [4.78, 5) is 32.3. The fraction of sp³-hybridized carbons (Fsp3) is 0.273. The minimum absolute atomic E-state index is 0.0570. The van der Waals surface area contributed by atoms with E-state index in [-0.39, 0.29) is 16.3 Å². The van der Waals surface area contributed by atoms with E-state index in [4.69, 9.17) is 16.7 Å². The molecule has 1 aromatic carbocycles. The number of nitrogens with zero attached hydrogens (tertiary/aromatic N) is 1. The van der Waals surface area contributed by atoms with Crippen LogP contribution in [0.5, 0.6) is 0 Å². The molecule has 9 heteroatoms. The first-order chi connectivity index (χ1) is 9.15. The number of nitro groups is 1. The normalized spacial score (nSPS) is 13.3. The molecule has 1 rings (SSSR count). The highest BCUT2D eigenvalue weighted by atomic mass is 35.5. The molecule has 108 valence electrons. The van der Waals surface area contributed by atoms with Crippen molar-refractivity contribution in [2.75, 3.05) is 6.54 Å². The summed E-state index contributed by atoms with van der Waals surface area (Å²) in [5.41, 5.74) is -2.45. The van der Waals surface area contributed by atoms with Crippen molar-refractivity contribution in [2.24, 2.45) is 0 Å². The molecule has 1 aromatic rings. The third-order valence-electron chi connectivity index (χ3n) is 2.46. The Balaban J connectivity index is 2.84. The number of nitrogens with one attached hydrogen (secondary N) is 1. The van der Waals surface area contributed by atoms with Crippen LogP contribution in [-0.4, -0.2) is 39.2 Å². The third-order valence-corrected chi connectivity index (χ3v) is 2.77. The number of aliphatic carboxylic acids is 1. The third kappa shape index (κ3) is 3.65. The summed E-state index contributed by atoms with van der Waals surface area (Å²) in [6.45, 7) is 0.488. The van der Waals surface area contributed by atoms with Gasteiger partial charge in [0.1, 0.15) is 0 Å². The number of hydrogen-bond acceptors (Lipinski definition) is 5. The highest BCUT2D eigenvalue weighted by Gasteiger charge is 2.30. The highest BCUT2D eigenvalue weighted by molar-refractivity contribution is 6.34. The lowest BCUT2D eigenvalue weighted by Crippen LogP contribution is -2.46. The van der Waals surface area contributed by atoms with Crippen LogP contribution in [0.15, 0.2) is 18.2 Å². The van der Waals surface area contributed by atoms with Crippen LogP contribution in [-0.2, 0) is 4.79 Å². The van der Waals surface area contributed by atoms with Gasteiger partial charge >= 0.3 is 5.97 Å². The molecule has 0 aromatic heterocycles. The molecule has 8 nitrogen and oxygen atoms in total. The highest BCUT2D eigenvalue weighted by Crippen LogP contribution is 2.22. The van der Waals surface area contributed by atoms with E-state index >= 15 is 0 Å². The van der Waals surface area contributed by atoms with Gasteiger partial charge in [-0.25, -0.2) is 4.79 Å².